The fraction of sp³-hybridized carbons (Fsp3) is 0.467. The Morgan fingerprint density at radius 2 is 2.20 bits per heavy atom. The monoisotopic (exact) mass is 294 g/mol. The van der Waals surface area contributed by atoms with Crippen molar-refractivity contribution in [2.24, 2.45) is 5.92 Å². The molecule has 1 rings (SSSR count). The van der Waals surface area contributed by atoms with Crippen LogP contribution in [0, 0.1) is 17.2 Å². The standard InChI is InChI=1S/C15H19ClN2O2/c1-3-7-18(8-6-11(2)15(19)20)13-5-4-12(10-17)14(16)9-13/h4-5,9,11H,3,6-8H2,1-2H3,(H,19,20). The number of anilines is 1. The fourth-order valence-electron chi connectivity index (χ4n) is 1.90. The molecule has 0 aliphatic carbocycles. The van der Waals surface area contributed by atoms with Crippen LogP contribution in [0.4, 0.5) is 5.69 Å². The van der Waals surface area contributed by atoms with E-state index in [1.54, 1.807) is 19.1 Å². The lowest BCUT2D eigenvalue weighted by molar-refractivity contribution is -0.141. The molecule has 108 valence electrons. The zero-order valence-corrected chi connectivity index (χ0v) is 12.5. The molecule has 1 N–H and O–H groups in total. The second kappa shape index (κ2) is 7.76. The molecule has 0 saturated carbocycles. The molecule has 0 fully saturated rings. The van der Waals surface area contributed by atoms with Gasteiger partial charge >= 0.3 is 5.97 Å². The van der Waals surface area contributed by atoms with E-state index < -0.39 is 5.97 Å². The highest BCUT2D eigenvalue weighted by atomic mass is 35.5. The first kappa shape index (κ1) is 16.3. The van der Waals surface area contributed by atoms with Crippen LogP contribution < -0.4 is 4.90 Å². The van der Waals surface area contributed by atoms with Crippen molar-refractivity contribution in [3.8, 4) is 6.07 Å². The first-order valence-corrected chi connectivity index (χ1v) is 7.04. The molecule has 5 heteroatoms. The summed E-state index contributed by atoms with van der Waals surface area (Å²) >= 11 is 6.04. The summed E-state index contributed by atoms with van der Waals surface area (Å²) in [5.41, 5.74) is 1.37. The molecule has 0 amide bonds. The average molecular weight is 295 g/mol. The highest BCUT2D eigenvalue weighted by Crippen LogP contribution is 2.24. The highest BCUT2D eigenvalue weighted by Gasteiger charge is 2.14. The largest absolute Gasteiger partial charge is 0.481 e. The van der Waals surface area contributed by atoms with Crippen LogP contribution >= 0.6 is 11.6 Å². The lowest BCUT2D eigenvalue weighted by atomic mass is 10.1. The van der Waals surface area contributed by atoms with Crippen LogP contribution in [0.15, 0.2) is 18.2 Å². The van der Waals surface area contributed by atoms with E-state index in [1.165, 1.54) is 0 Å². The van der Waals surface area contributed by atoms with Gasteiger partial charge in [-0.1, -0.05) is 25.4 Å². The van der Waals surface area contributed by atoms with E-state index in [1.807, 2.05) is 12.1 Å². The SMILES string of the molecule is CCCN(CCC(C)C(=O)O)c1ccc(C#N)c(Cl)c1. The summed E-state index contributed by atoms with van der Waals surface area (Å²) in [7, 11) is 0. The summed E-state index contributed by atoms with van der Waals surface area (Å²) in [5.74, 6) is -1.15. The maximum atomic E-state index is 10.9. The van der Waals surface area contributed by atoms with Crippen molar-refractivity contribution in [2.75, 3.05) is 18.0 Å². The van der Waals surface area contributed by atoms with Gasteiger partial charge in [0.05, 0.1) is 16.5 Å². The summed E-state index contributed by atoms with van der Waals surface area (Å²) in [6, 6.07) is 7.34. The topological polar surface area (TPSA) is 64.3 Å². The number of carboxylic acids is 1. The van der Waals surface area contributed by atoms with E-state index in [0.717, 1.165) is 18.7 Å². The Labute approximate surface area is 124 Å². The smallest absolute Gasteiger partial charge is 0.306 e. The van der Waals surface area contributed by atoms with Crippen LogP contribution in [0.1, 0.15) is 32.3 Å². The number of aliphatic carboxylic acids is 1. The normalized spacial score (nSPS) is 11.7. The van der Waals surface area contributed by atoms with Gasteiger partial charge in [0.15, 0.2) is 0 Å². The zero-order chi connectivity index (χ0) is 15.1. The van der Waals surface area contributed by atoms with E-state index in [-0.39, 0.29) is 5.92 Å². The Kier molecular flexibility index (Phi) is 6.33. The van der Waals surface area contributed by atoms with Gasteiger partial charge in [-0.25, -0.2) is 0 Å². The fourth-order valence-corrected chi connectivity index (χ4v) is 2.12. The number of halogens is 1. The van der Waals surface area contributed by atoms with Crippen LogP contribution in [-0.4, -0.2) is 24.2 Å². The Morgan fingerprint density at radius 3 is 2.70 bits per heavy atom. The molecule has 0 aliphatic heterocycles. The zero-order valence-electron chi connectivity index (χ0n) is 11.8. The van der Waals surface area contributed by atoms with E-state index >= 15 is 0 Å². The minimum absolute atomic E-state index is 0.372. The number of rotatable bonds is 7. The average Bonchev–Trinajstić information content (AvgIpc) is 2.42. The molecule has 0 radical (unpaired) electrons. The first-order chi connectivity index (χ1) is 9.49. The van der Waals surface area contributed by atoms with Gasteiger partial charge in [-0.05, 0) is 31.0 Å². The van der Waals surface area contributed by atoms with Crippen molar-refractivity contribution in [1.29, 1.82) is 5.26 Å². The molecule has 1 atom stereocenters. The number of hydrogen-bond donors (Lipinski definition) is 1. The van der Waals surface area contributed by atoms with Crippen molar-refractivity contribution < 1.29 is 9.90 Å². The maximum absolute atomic E-state index is 10.9. The van der Waals surface area contributed by atoms with Gasteiger partial charge in [0.25, 0.3) is 0 Å². The van der Waals surface area contributed by atoms with E-state index in [0.29, 0.717) is 23.6 Å². The van der Waals surface area contributed by atoms with Crippen LogP contribution in [0.25, 0.3) is 0 Å². The first-order valence-electron chi connectivity index (χ1n) is 6.67. The number of benzene rings is 1. The number of carbonyl (C=O) groups is 1. The molecular formula is C15H19ClN2O2. The number of hydrogen-bond acceptors (Lipinski definition) is 3. The quantitative estimate of drug-likeness (QED) is 0.835. The van der Waals surface area contributed by atoms with Gasteiger partial charge < -0.3 is 10.0 Å². The van der Waals surface area contributed by atoms with E-state index in [9.17, 15) is 4.79 Å². The summed E-state index contributed by atoms with van der Waals surface area (Å²) in [6.45, 7) is 5.26. The van der Waals surface area contributed by atoms with E-state index in [2.05, 4.69) is 11.8 Å². The van der Waals surface area contributed by atoms with Crippen molar-refractivity contribution in [3.05, 3.63) is 28.8 Å². The molecule has 4 nitrogen and oxygen atoms in total. The third-order valence-corrected chi connectivity index (χ3v) is 3.50. The van der Waals surface area contributed by atoms with Gasteiger partial charge in [-0.3, -0.25) is 4.79 Å². The Bertz CT molecular complexity index is 511. The number of nitrogens with zero attached hydrogens (tertiary/aromatic N) is 2. The van der Waals surface area contributed by atoms with Crippen LogP contribution in [0.2, 0.25) is 5.02 Å². The molecule has 1 unspecified atom stereocenters. The van der Waals surface area contributed by atoms with Gasteiger partial charge in [-0.2, -0.15) is 5.26 Å². The summed E-state index contributed by atoms with van der Waals surface area (Å²) in [5, 5.41) is 18.2. The Balaban J connectivity index is 2.83. The second-order valence-corrected chi connectivity index (χ2v) is 5.20. The third kappa shape index (κ3) is 4.43. The molecular weight excluding hydrogens is 276 g/mol. The van der Waals surface area contributed by atoms with Gasteiger partial charge in [0.2, 0.25) is 0 Å². The van der Waals surface area contributed by atoms with Crippen molar-refractivity contribution >= 4 is 23.3 Å². The third-order valence-electron chi connectivity index (χ3n) is 3.19. The predicted octanol–water partition coefficient (Wildman–Crippen LogP) is 3.54. The molecule has 0 aromatic heterocycles. The number of nitriles is 1. The molecule has 0 aliphatic rings. The summed E-state index contributed by atoms with van der Waals surface area (Å²) < 4.78 is 0. The molecule has 0 saturated heterocycles. The highest BCUT2D eigenvalue weighted by molar-refractivity contribution is 6.32. The molecule has 1 aromatic carbocycles. The molecule has 20 heavy (non-hydrogen) atoms. The summed E-state index contributed by atoms with van der Waals surface area (Å²) in [6.07, 6.45) is 1.53. The molecule has 0 bridgehead atoms. The molecule has 0 heterocycles. The van der Waals surface area contributed by atoms with Crippen molar-refractivity contribution in [2.45, 2.75) is 26.7 Å². The Morgan fingerprint density at radius 1 is 1.50 bits per heavy atom. The minimum Gasteiger partial charge on any atom is -0.481 e. The number of carboxylic acid groups (broad SMARTS) is 1. The van der Waals surface area contributed by atoms with Crippen LogP contribution in [0.5, 0.6) is 0 Å². The van der Waals surface area contributed by atoms with Crippen molar-refractivity contribution in [1.82, 2.24) is 0 Å². The molecule has 1 aromatic rings. The minimum atomic E-state index is -0.778. The van der Waals surface area contributed by atoms with Crippen LogP contribution in [0.3, 0.4) is 0 Å². The lowest BCUT2D eigenvalue weighted by Crippen LogP contribution is -2.28. The van der Waals surface area contributed by atoms with Gasteiger partial charge in [0.1, 0.15) is 6.07 Å². The van der Waals surface area contributed by atoms with Crippen molar-refractivity contribution in [3.63, 3.8) is 0 Å². The van der Waals surface area contributed by atoms with E-state index in [4.69, 9.17) is 22.0 Å². The van der Waals surface area contributed by atoms with Gasteiger partial charge in [-0.15, -0.1) is 0 Å². The summed E-state index contributed by atoms with van der Waals surface area (Å²) in [4.78, 5) is 13.0. The Hall–Kier alpha value is -1.73. The predicted molar refractivity (Wildman–Crippen MR) is 80.1 cm³/mol. The molecule has 0 spiro atoms. The lowest BCUT2D eigenvalue weighted by Gasteiger charge is -2.25. The maximum Gasteiger partial charge on any atom is 0.306 e. The second-order valence-electron chi connectivity index (χ2n) is 4.79. The van der Waals surface area contributed by atoms with Gasteiger partial charge in [0, 0.05) is 18.8 Å². The van der Waals surface area contributed by atoms with Crippen LogP contribution in [-0.2, 0) is 4.79 Å².